The Labute approximate surface area is 294 Å². The molecule has 0 radical (unpaired) electrons. The Morgan fingerprint density at radius 1 is 0.373 bits per heavy atom. The largest absolute Gasteiger partial charge is 0.455 e. The van der Waals surface area contributed by atoms with E-state index in [4.69, 9.17) is 19.4 Å². The van der Waals surface area contributed by atoms with Crippen molar-refractivity contribution < 1.29 is 4.42 Å². The number of pyridine rings is 1. The molecule has 0 saturated carbocycles. The number of fused-ring (bicyclic) bond motifs is 7. The quantitative estimate of drug-likeness (QED) is 0.174. The van der Waals surface area contributed by atoms with Crippen LogP contribution in [-0.2, 0) is 0 Å². The molecule has 0 aliphatic rings. The second-order valence-electron chi connectivity index (χ2n) is 12.8. The Morgan fingerprint density at radius 3 is 1.67 bits per heavy atom. The molecule has 0 aliphatic heterocycles. The van der Waals surface area contributed by atoms with Crippen molar-refractivity contribution in [3.8, 4) is 56.3 Å². The molecule has 0 spiro atoms. The molecule has 238 valence electrons. The summed E-state index contributed by atoms with van der Waals surface area (Å²) in [6.45, 7) is 0. The average molecular weight is 652 g/mol. The molecule has 0 aliphatic carbocycles. The Kier molecular flexibility index (Phi) is 6.78. The lowest BCUT2D eigenvalue weighted by atomic mass is 9.98. The predicted octanol–water partition coefficient (Wildman–Crippen LogP) is 12.4. The predicted molar refractivity (Wildman–Crippen MR) is 209 cm³/mol. The van der Waals surface area contributed by atoms with Crippen LogP contribution in [0.3, 0.4) is 0 Å². The van der Waals surface area contributed by atoms with Gasteiger partial charge in [-0.25, -0.2) is 15.0 Å². The topological polar surface area (TPSA) is 51.8 Å². The van der Waals surface area contributed by atoms with E-state index in [1.54, 1.807) is 0 Å². The van der Waals surface area contributed by atoms with E-state index in [0.29, 0.717) is 5.82 Å². The fourth-order valence-electron chi connectivity index (χ4n) is 7.13. The van der Waals surface area contributed by atoms with E-state index in [2.05, 4.69) is 140 Å². The number of benzene rings is 7. The van der Waals surface area contributed by atoms with Crippen molar-refractivity contribution in [3.63, 3.8) is 0 Å². The smallest absolute Gasteiger partial charge is 0.160 e. The normalized spacial score (nSPS) is 11.5. The number of hydrogen-bond donors (Lipinski definition) is 0. The maximum absolute atomic E-state index is 6.56. The van der Waals surface area contributed by atoms with Crippen molar-refractivity contribution in [2.24, 2.45) is 0 Å². The number of aromatic nitrogens is 3. The zero-order valence-corrected chi connectivity index (χ0v) is 27.5. The highest BCUT2D eigenvalue weighted by Crippen LogP contribution is 2.41. The Balaban J connectivity index is 1.11. The van der Waals surface area contributed by atoms with Gasteiger partial charge >= 0.3 is 0 Å². The van der Waals surface area contributed by atoms with E-state index < -0.39 is 0 Å². The van der Waals surface area contributed by atoms with Crippen LogP contribution in [0.15, 0.2) is 180 Å². The minimum Gasteiger partial charge on any atom is -0.455 e. The zero-order chi connectivity index (χ0) is 33.7. The summed E-state index contributed by atoms with van der Waals surface area (Å²) in [6, 6.07) is 60.7. The van der Waals surface area contributed by atoms with Crippen molar-refractivity contribution in [2.75, 3.05) is 0 Å². The summed E-state index contributed by atoms with van der Waals surface area (Å²) in [4.78, 5) is 15.5. The summed E-state index contributed by atoms with van der Waals surface area (Å²) in [7, 11) is 0. The first-order chi connectivity index (χ1) is 25.3. The average Bonchev–Trinajstić information content (AvgIpc) is 3.61. The van der Waals surface area contributed by atoms with Crippen molar-refractivity contribution in [2.45, 2.75) is 0 Å². The lowest BCUT2D eigenvalue weighted by Gasteiger charge is -2.11. The van der Waals surface area contributed by atoms with Crippen molar-refractivity contribution in [1.29, 1.82) is 0 Å². The van der Waals surface area contributed by atoms with Crippen molar-refractivity contribution in [3.05, 3.63) is 176 Å². The van der Waals surface area contributed by atoms with Crippen LogP contribution in [0.25, 0.3) is 99.9 Å². The molecule has 7 aromatic carbocycles. The van der Waals surface area contributed by atoms with Crippen LogP contribution in [0.1, 0.15) is 0 Å². The van der Waals surface area contributed by atoms with Gasteiger partial charge in [-0.3, -0.25) is 0 Å². The molecule has 0 atom stereocenters. The maximum atomic E-state index is 6.56. The minimum atomic E-state index is 0.685. The maximum Gasteiger partial charge on any atom is 0.160 e. The van der Waals surface area contributed by atoms with Crippen molar-refractivity contribution in [1.82, 2.24) is 15.0 Å². The molecule has 0 bridgehead atoms. The van der Waals surface area contributed by atoms with Gasteiger partial charge in [0.1, 0.15) is 11.2 Å². The van der Waals surface area contributed by atoms with Crippen LogP contribution < -0.4 is 0 Å². The number of nitrogens with zero attached hydrogens (tertiary/aromatic N) is 3. The molecule has 0 unspecified atom stereocenters. The molecule has 3 heterocycles. The van der Waals surface area contributed by atoms with Crippen LogP contribution >= 0.6 is 0 Å². The molecule has 4 heteroatoms. The van der Waals surface area contributed by atoms with Crippen LogP contribution in [0.4, 0.5) is 0 Å². The van der Waals surface area contributed by atoms with Gasteiger partial charge in [0.25, 0.3) is 0 Å². The second kappa shape index (κ2) is 11.9. The SMILES string of the molecule is c1ccc(-c2ccc(-c3nc(-c4ccccc4)cc(-c4ccc(-c5nc6c7ccccc7ccc6c6oc7ccccc7c56)cc4)n3)cc2)cc1. The third kappa shape index (κ3) is 5.04. The Bertz CT molecular complexity index is 2880. The molecule has 0 N–H and O–H groups in total. The van der Waals surface area contributed by atoms with Gasteiger partial charge in [0.05, 0.1) is 28.0 Å². The number of furan rings is 1. The first-order valence-electron chi connectivity index (χ1n) is 17.1. The van der Waals surface area contributed by atoms with Crippen LogP contribution in [0.5, 0.6) is 0 Å². The Hall–Kier alpha value is -6.91. The van der Waals surface area contributed by atoms with E-state index >= 15 is 0 Å². The van der Waals surface area contributed by atoms with Gasteiger partial charge in [0, 0.05) is 38.4 Å². The van der Waals surface area contributed by atoms with E-state index in [1.807, 2.05) is 36.4 Å². The Morgan fingerprint density at radius 2 is 0.922 bits per heavy atom. The number of rotatable bonds is 5. The summed E-state index contributed by atoms with van der Waals surface area (Å²) in [5.41, 5.74) is 11.6. The fraction of sp³-hybridized carbons (Fsp3) is 0. The lowest BCUT2D eigenvalue weighted by molar-refractivity contribution is 0.672. The standard InChI is InChI=1S/C47H29N3O/c1-3-11-30(12-4-1)31-19-25-36(26-20-31)47-48-40(33-14-5-2-6-15-33)29-41(49-47)34-21-23-35(24-22-34)44-43-38-17-9-10-18-42(38)51-46(43)39-28-27-32-13-7-8-16-37(32)45(39)50-44/h1-29H. The molecule has 0 saturated heterocycles. The second-order valence-corrected chi connectivity index (χ2v) is 12.8. The van der Waals surface area contributed by atoms with E-state index in [-0.39, 0.29) is 0 Å². The van der Waals surface area contributed by atoms with Gasteiger partial charge in [-0.15, -0.1) is 0 Å². The lowest BCUT2D eigenvalue weighted by Crippen LogP contribution is -1.96. The monoisotopic (exact) mass is 651 g/mol. The summed E-state index contributed by atoms with van der Waals surface area (Å²) < 4.78 is 6.56. The zero-order valence-electron chi connectivity index (χ0n) is 27.5. The summed E-state index contributed by atoms with van der Waals surface area (Å²) in [5.74, 6) is 0.685. The van der Waals surface area contributed by atoms with Gasteiger partial charge in [0.15, 0.2) is 5.82 Å². The third-order valence-corrected chi connectivity index (χ3v) is 9.70. The first kappa shape index (κ1) is 29.0. The van der Waals surface area contributed by atoms with E-state index in [0.717, 1.165) is 88.5 Å². The molecule has 3 aromatic heterocycles. The van der Waals surface area contributed by atoms with E-state index in [1.165, 1.54) is 5.56 Å². The summed E-state index contributed by atoms with van der Waals surface area (Å²) >= 11 is 0. The van der Waals surface area contributed by atoms with Gasteiger partial charge in [-0.05, 0) is 34.7 Å². The molecule has 0 amide bonds. The highest BCUT2D eigenvalue weighted by atomic mass is 16.3. The van der Waals surface area contributed by atoms with Gasteiger partial charge in [-0.2, -0.15) is 0 Å². The fourth-order valence-corrected chi connectivity index (χ4v) is 7.13. The minimum absolute atomic E-state index is 0.685. The molecule has 10 aromatic rings. The molecular formula is C47H29N3O. The van der Waals surface area contributed by atoms with Crippen LogP contribution in [0.2, 0.25) is 0 Å². The number of hydrogen-bond acceptors (Lipinski definition) is 4. The van der Waals surface area contributed by atoms with Crippen LogP contribution in [-0.4, -0.2) is 15.0 Å². The highest BCUT2D eigenvalue weighted by Gasteiger charge is 2.19. The number of para-hydroxylation sites is 1. The molecule has 51 heavy (non-hydrogen) atoms. The van der Waals surface area contributed by atoms with Gasteiger partial charge in [-0.1, -0.05) is 158 Å². The molecule has 10 rings (SSSR count). The van der Waals surface area contributed by atoms with E-state index in [9.17, 15) is 0 Å². The first-order valence-corrected chi connectivity index (χ1v) is 17.1. The molecule has 4 nitrogen and oxygen atoms in total. The van der Waals surface area contributed by atoms with Crippen molar-refractivity contribution >= 4 is 43.6 Å². The van der Waals surface area contributed by atoms with Crippen LogP contribution in [0, 0.1) is 0 Å². The third-order valence-electron chi connectivity index (χ3n) is 9.70. The highest BCUT2D eigenvalue weighted by molar-refractivity contribution is 6.22. The summed E-state index contributed by atoms with van der Waals surface area (Å²) in [5, 5.41) is 5.35. The summed E-state index contributed by atoms with van der Waals surface area (Å²) in [6.07, 6.45) is 0. The molecular weight excluding hydrogens is 623 g/mol. The van der Waals surface area contributed by atoms with Gasteiger partial charge in [0.2, 0.25) is 0 Å². The molecule has 0 fully saturated rings. The van der Waals surface area contributed by atoms with Gasteiger partial charge < -0.3 is 4.42 Å².